The Balaban J connectivity index is 1.84. The normalized spacial score (nSPS) is 21.8. The number of aromatic nitrogens is 4. The smallest absolute Gasteiger partial charge is 0.308 e. The van der Waals surface area contributed by atoms with E-state index in [0.717, 1.165) is 0 Å². The number of hydrogen-bond donors (Lipinski definition) is 2. The Morgan fingerprint density at radius 3 is 2.66 bits per heavy atom. The minimum Gasteiger partial charge on any atom is -0.463 e. The predicted molar refractivity (Wildman–Crippen MR) is 102 cm³/mol. The van der Waals surface area contributed by atoms with Crippen LogP contribution in [0.5, 0.6) is 0 Å². The van der Waals surface area contributed by atoms with Crippen molar-refractivity contribution in [2.24, 2.45) is 11.8 Å². The number of fused-ring (bicyclic) bond motifs is 1. The van der Waals surface area contributed by atoms with Gasteiger partial charge in [-0.1, -0.05) is 27.7 Å². The van der Waals surface area contributed by atoms with E-state index in [-0.39, 0.29) is 53.9 Å². The largest absolute Gasteiger partial charge is 0.463 e. The number of imidazole rings is 1. The lowest BCUT2D eigenvalue weighted by Gasteiger charge is -2.20. The monoisotopic (exact) mass is 407 g/mol. The lowest BCUT2D eigenvalue weighted by Crippen LogP contribution is -2.33. The highest BCUT2D eigenvalue weighted by Gasteiger charge is 2.40. The number of nitrogens with one attached hydrogen (secondary N) is 1. The van der Waals surface area contributed by atoms with Crippen LogP contribution in [0, 0.1) is 11.8 Å². The van der Waals surface area contributed by atoms with E-state index in [9.17, 15) is 14.4 Å². The Morgan fingerprint density at radius 2 is 2.00 bits per heavy atom. The molecule has 11 heteroatoms. The lowest BCUT2D eigenvalue weighted by atomic mass is 10.1. The predicted octanol–water partition coefficient (Wildman–Crippen LogP) is 0.756. The number of ether oxygens (including phenoxy) is 3. The first-order chi connectivity index (χ1) is 13.7. The molecule has 2 unspecified atom stereocenters. The summed E-state index contributed by atoms with van der Waals surface area (Å²) in [4.78, 5) is 46.5. The molecule has 11 nitrogen and oxygen atoms in total. The summed E-state index contributed by atoms with van der Waals surface area (Å²) in [6.07, 6.45) is -0.224. The zero-order valence-electron chi connectivity index (χ0n) is 16.7. The zero-order chi connectivity index (χ0) is 21.3. The fourth-order valence-corrected chi connectivity index (χ4v) is 2.92. The SMILES string of the molecule is CC(C)C(=O)OCC1OC(n2cnc3c(=O)[nH]c(N)nc32)C[C@@H]1OC(=O)C(C)C. The molecular weight excluding hydrogens is 382 g/mol. The summed E-state index contributed by atoms with van der Waals surface area (Å²) in [5.74, 6) is -1.41. The van der Waals surface area contributed by atoms with Crippen LogP contribution in [0.15, 0.2) is 11.1 Å². The first-order valence-corrected chi connectivity index (χ1v) is 9.42. The standard InChI is InChI=1S/C18H25N5O6/c1-8(2)16(25)27-6-11-10(29-17(26)9(3)4)5-12(28-11)23-7-20-13-14(23)21-18(19)22-15(13)24/h7-12H,5-6H2,1-4H3,(H3,19,21,22,24)/t10-,11?,12?/m0/s1. The van der Waals surface area contributed by atoms with Crippen molar-refractivity contribution in [1.29, 1.82) is 0 Å². The Labute approximate surface area is 166 Å². The van der Waals surface area contributed by atoms with Gasteiger partial charge in [-0.05, 0) is 0 Å². The van der Waals surface area contributed by atoms with Crippen molar-refractivity contribution in [1.82, 2.24) is 19.5 Å². The van der Waals surface area contributed by atoms with Gasteiger partial charge in [0.2, 0.25) is 5.95 Å². The van der Waals surface area contributed by atoms with Crippen molar-refractivity contribution >= 4 is 29.1 Å². The molecule has 3 atom stereocenters. The van der Waals surface area contributed by atoms with Gasteiger partial charge in [0.1, 0.15) is 25.0 Å². The van der Waals surface area contributed by atoms with Crippen molar-refractivity contribution in [3.8, 4) is 0 Å². The highest BCUT2D eigenvalue weighted by atomic mass is 16.6. The molecule has 3 rings (SSSR count). The molecule has 0 spiro atoms. The average Bonchev–Trinajstić information content (AvgIpc) is 3.23. The van der Waals surface area contributed by atoms with Crippen LogP contribution in [0.4, 0.5) is 5.95 Å². The number of nitrogen functional groups attached to an aromatic ring is 1. The van der Waals surface area contributed by atoms with Gasteiger partial charge in [-0.25, -0.2) is 4.98 Å². The minimum atomic E-state index is -0.665. The Morgan fingerprint density at radius 1 is 1.31 bits per heavy atom. The molecule has 0 amide bonds. The second-order valence-corrected chi connectivity index (χ2v) is 7.55. The third-order valence-corrected chi connectivity index (χ3v) is 4.54. The maximum Gasteiger partial charge on any atom is 0.308 e. The van der Waals surface area contributed by atoms with E-state index >= 15 is 0 Å². The summed E-state index contributed by atoms with van der Waals surface area (Å²) in [5, 5.41) is 0. The molecule has 3 N–H and O–H groups in total. The van der Waals surface area contributed by atoms with E-state index in [1.54, 1.807) is 32.3 Å². The molecule has 29 heavy (non-hydrogen) atoms. The summed E-state index contributed by atoms with van der Waals surface area (Å²) >= 11 is 0. The van der Waals surface area contributed by atoms with Crippen LogP contribution in [0.1, 0.15) is 40.3 Å². The molecule has 0 aliphatic carbocycles. The van der Waals surface area contributed by atoms with Gasteiger partial charge in [0.15, 0.2) is 11.2 Å². The number of nitrogens with zero attached hydrogens (tertiary/aromatic N) is 3. The van der Waals surface area contributed by atoms with Crippen molar-refractivity contribution in [3.63, 3.8) is 0 Å². The van der Waals surface area contributed by atoms with Gasteiger partial charge in [0.05, 0.1) is 18.2 Å². The quantitative estimate of drug-likeness (QED) is 0.661. The molecule has 1 aliphatic heterocycles. The van der Waals surface area contributed by atoms with Crippen LogP contribution in [-0.2, 0) is 23.8 Å². The van der Waals surface area contributed by atoms with Crippen molar-refractivity contribution in [3.05, 3.63) is 16.7 Å². The van der Waals surface area contributed by atoms with Gasteiger partial charge in [-0.15, -0.1) is 0 Å². The third kappa shape index (κ3) is 4.39. The molecule has 0 radical (unpaired) electrons. The number of anilines is 1. The second kappa shape index (κ2) is 8.19. The Bertz CT molecular complexity index is 965. The topological polar surface area (TPSA) is 151 Å². The maximum absolute atomic E-state index is 12.1. The molecule has 0 aromatic carbocycles. The van der Waals surface area contributed by atoms with Gasteiger partial charge in [-0.2, -0.15) is 4.98 Å². The van der Waals surface area contributed by atoms with Crippen LogP contribution in [0.2, 0.25) is 0 Å². The van der Waals surface area contributed by atoms with Crippen LogP contribution in [0.25, 0.3) is 11.2 Å². The van der Waals surface area contributed by atoms with E-state index < -0.39 is 24.0 Å². The molecule has 1 saturated heterocycles. The fourth-order valence-electron chi connectivity index (χ4n) is 2.92. The van der Waals surface area contributed by atoms with Crippen LogP contribution in [-0.4, -0.2) is 50.3 Å². The Hall–Kier alpha value is -2.95. The van der Waals surface area contributed by atoms with E-state index in [0.29, 0.717) is 0 Å². The van der Waals surface area contributed by atoms with Crippen LogP contribution in [0.3, 0.4) is 0 Å². The fraction of sp³-hybridized carbons (Fsp3) is 0.611. The molecule has 3 heterocycles. The number of carbonyl (C=O) groups excluding carboxylic acids is 2. The average molecular weight is 407 g/mol. The molecule has 0 bridgehead atoms. The summed E-state index contributed by atoms with van der Waals surface area (Å²) < 4.78 is 18.4. The maximum atomic E-state index is 12.1. The van der Waals surface area contributed by atoms with E-state index in [1.165, 1.54) is 6.33 Å². The van der Waals surface area contributed by atoms with E-state index in [4.69, 9.17) is 19.9 Å². The summed E-state index contributed by atoms with van der Waals surface area (Å²) in [5.41, 5.74) is 5.55. The summed E-state index contributed by atoms with van der Waals surface area (Å²) in [6.45, 7) is 6.84. The van der Waals surface area contributed by atoms with Crippen LogP contribution >= 0.6 is 0 Å². The second-order valence-electron chi connectivity index (χ2n) is 7.55. The van der Waals surface area contributed by atoms with Crippen molar-refractivity contribution in [2.75, 3.05) is 12.3 Å². The highest BCUT2D eigenvalue weighted by Crippen LogP contribution is 2.33. The molecule has 2 aromatic rings. The van der Waals surface area contributed by atoms with Crippen molar-refractivity contribution in [2.45, 2.75) is 52.6 Å². The number of H-pyrrole nitrogens is 1. The molecule has 158 valence electrons. The molecule has 1 aliphatic rings. The van der Waals surface area contributed by atoms with Gasteiger partial charge in [-0.3, -0.25) is 23.9 Å². The number of nitrogens with two attached hydrogens (primary N) is 1. The molecular formula is C18H25N5O6. The van der Waals surface area contributed by atoms with Crippen molar-refractivity contribution < 1.29 is 23.8 Å². The Kier molecular flexibility index (Phi) is 5.87. The summed E-state index contributed by atoms with van der Waals surface area (Å²) in [6, 6.07) is 0. The highest BCUT2D eigenvalue weighted by molar-refractivity contribution is 5.72. The third-order valence-electron chi connectivity index (χ3n) is 4.54. The number of rotatable bonds is 6. The molecule has 0 saturated carbocycles. The number of hydrogen-bond acceptors (Lipinski definition) is 9. The summed E-state index contributed by atoms with van der Waals surface area (Å²) in [7, 11) is 0. The number of esters is 2. The van der Waals surface area contributed by atoms with Gasteiger partial charge in [0, 0.05) is 6.42 Å². The first kappa shape index (κ1) is 20.8. The molecule has 2 aromatic heterocycles. The minimum absolute atomic E-state index is 0.0487. The van der Waals surface area contributed by atoms with E-state index in [2.05, 4.69) is 15.0 Å². The van der Waals surface area contributed by atoms with Gasteiger partial charge in [0.25, 0.3) is 5.56 Å². The first-order valence-electron chi connectivity index (χ1n) is 9.42. The van der Waals surface area contributed by atoms with Crippen LogP contribution < -0.4 is 11.3 Å². The van der Waals surface area contributed by atoms with Gasteiger partial charge < -0.3 is 19.9 Å². The number of aromatic amines is 1. The van der Waals surface area contributed by atoms with E-state index in [1.807, 2.05) is 0 Å². The lowest BCUT2D eigenvalue weighted by molar-refractivity contribution is -0.162. The van der Waals surface area contributed by atoms with Gasteiger partial charge >= 0.3 is 11.9 Å². The number of carbonyl (C=O) groups is 2. The zero-order valence-corrected chi connectivity index (χ0v) is 16.7. The molecule has 1 fully saturated rings.